The van der Waals surface area contributed by atoms with Gasteiger partial charge in [0.2, 0.25) is 0 Å². The Bertz CT molecular complexity index is 813. The Hall–Kier alpha value is -1.48. The number of esters is 2. The molecule has 8 nitrogen and oxygen atoms in total. The Labute approximate surface area is 188 Å². The van der Waals surface area contributed by atoms with Crippen molar-refractivity contribution in [3.8, 4) is 0 Å². The van der Waals surface area contributed by atoms with Crippen molar-refractivity contribution in [1.82, 2.24) is 0 Å². The molecule has 3 saturated heterocycles. The van der Waals surface area contributed by atoms with Crippen LogP contribution in [-0.2, 0) is 38.0 Å². The van der Waals surface area contributed by atoms with E-state index >= 15 is 0 Å². The van der Waals surface area contributed by atoms with Crippen LogP contribution in [0, 0.1) is 10.8 Å². The Morgan fingerprint density at radius 3 is 2.62 bits per heavy atom. The van der Waals surface area contributed by atoms with Crippen molar-refractivity contribution in [3.05, 3.63) is 11.6 Å². The topological polar surface area (TPSA) is 92.8 Å². The minimum absolute atomic E-state index is 0.176. The number of epoxide rings is 1. The van der Waals surface area contributed by atoms with E-state index in [1.54, 1.807) is 0 Å². The first-order chi connectivity index (χ1) is 15.2. The van der Waals surface area contributed by atoms with Gasteiger partial charge in [-0.25, -0.2) is 0 Å². The molecule has 2 aliphatic carbocycles. The highest BCUT2D eigenvalue weighted by molar-refractivity contribution is 5.67. The van der Waals surface area contributed by atoms with Crippen LogP contribution in [0.4, 0.5) is 0 Å². The molecule has 3 heterocycles. The maximum absolute atomic E-state index is 12.3. The van der Waals surface area contributed by atoms with Gasteiger partial charge in [0.05, 0.1) is 18.1 Å². The van der Waals surface area contributed by atoms with Gasteiger partial charge in [-0.3, -0.25) is 9.59 Å². The van der Waals surface area contributed by atoms with Gasteiger partial charge in [0, 0.05) is 25.9 Å². The molecule has 32 heavy (non-hydrogen) atoms. The number of rotatable bonds is 5. The first-order valence-corrected chi connectivity index (χ1v) is 11.8. The average molecular weight is 451 g/mol. The largest absolute Gasteiger partial charge is 0.465 e. The van der Waals surface area contributed by atoms with E-state index < -0.39 is 34.7 Å². The van der Waals surface area contributed by atoms with Gasteiger partial charge in [-0.1, -0.05) is 18.6 Å². The summed E-state index contributed by atoms with van der Waals surface area (Å²) in [6.45, 7) is 8.36. The molecule has 4 fully saturated rings. The van der Waals surface area contributed by atoms with E-state index in [4.69, 9.17) is 28.4 Å². The van der Waals surface area contributed by atoms with Gasteiger partial charge in [0.15, 0.2) is 6.29 Å². The van der Waals surface area contributed by atoms with Crippen LogP contribution in [0.25, 0.3) is 0 Å². The van der Waals surface area contributed by atoms with Gasteiger partial charge in [0.1, 0.15) is 30.5 Å². The molecule has 178 valence electrons. The van der Waals surface area contributed by atoms with Gasteiger partial charge < -0.3 is 28.4 Å². The Morgan fingerprint density at radius 1 is 1.22 bits per heavy atom. The standard InChI is InChI=1S/C24H34O8/c1-14-8-9-23(12-28-15(2)25)17(11-14)31-21-19(32-18-7-5-6-10-27-18)20(30-16(3)26)22(23,4)24(21)13-29-24/h11,17-21H,5-10,12-13H2,1-4H3/t17-,18?,19-,20-,21?,22-,23-,24?/m1/s1. The van der Waals surface area contributed by atoms with Gasteiger partial charge in [-0.2, -0.15) is 0 Å². The second-order valence-electron chi connectivity index (χ2n) is 10.2. The second-order valence-corrected chi connectivity index (χ2v) is 10.2. The molecule has 1 spiro atoms. The first-order valence-electron chi connectivity index (χ1n) is 11.8. The summed E-state index contributed by atoms with van der Waals surface area (Å²) < 4.78 is 36.9. The van der Waals surface area contributed by atoms with Gasteiger partial charge in [-0.05, 0) is 39.0 Å². The maximum Gasteiger partial charge on any atom is 0.303 e. The molecule has 8 heteroatoms. The lowest BCUT2D eigenvalue weighted by Crippen LogP contribution is -2.66. The van der Waals surface area contributed by atoms with E-state index in [2.05, 4.69) is 19.9 Å². The number of carbonyl (C=O) groups is 2. The third kappa shape index (κ3) is 3.10. The van der Waals surface area contributed by atoms with Crippen molar-refractivity contribution in [3.63, 3.8) is 0 Å². The number of fused-ring (bicyclic) bond motifs is 2. The van der Waals surface area contributed by atoms with Crippen molar-refractivity contribution in [2.45, 2.75) is 96.1 Å². The lowest BCUT2D eigenvalue weighted by molar-refractivity contribution is -0.239. The summed E-state index contributed by atoms with van der Waals surface area (Å²) in [4.78, 5) is 24.2. The van der Waals surface area contributed by atoms with Gasteiger partial charge in [0.25, 0.3) is 0 Å². The zero-order chi connectivity index (χ0) is 22.7. The molecule has 2 bridgehead atoms. The molecule has 3 aliphatic heterocycles. The molecule has 5 aliphatic rings. The van der Waals surface area contributed by atoms with E-state index in [-0.39, 0.29) is 30.9 Å². The summed E-state index contributed by atoms with van der Waals surface area (Å²) in [5.41, 5.74) is -0.675. The van der Waals surface area contributed by atoms with Crippen molar-refractivity contribution in [1.29, 1.82) is 0 Å². The predicted octanol–water partition coefficient (Wildman–Crippen LogP) is 2.68. The lowest BCUT2D eigenvalue weighted by atomic mass is 9.51. The second kappa shape index (κ2) is 7.79. The molecular formula is C24H34O8. The van der Waals surface area contributed by atoms with Crippen LogP contribution in [0.2, 0.25) is 0 Å². The van der Waals surface area contributed by atoms with E-state index in [0.29, 0.717) is 13.2 Å². The Balaban J connectivity index is 1.59. The predicted molar refractivity (Wildman–Crippen MR) is 112 cm³/mol. The van der Waals surface area contributed by atoms with Crippen molar-refractivity contribution < 1.29 is 38.0 Å². The Kier molecular flexibility index (Phi) is 5.43. The number of allylic oxidation sites excluding steroid dienone is 1. The van der Waals surface area contributed by atoms with Crippen LogP contribution < -0.4 is 0 Å². The van der Waals surface area contributed by atoms with E-state index in [1.807, 2.05) is 0 Å². The lowest BCUT2D eigenvalue weighted by Gasteiger charge is -2.58. The fourth-order valence-electron chi connectivity index (χ4n) is 6.70. The van der Waals surface area contributed by atoms with E-state index in [9.17, 15) is 9.59 Å². The zero-order valence-corrected chi connectivity index (χ0v) is 19.4. The van der Waals surface area contributed by atoms with Gasteiger partial charge >= 0.3 is 11.9 Å². The van der Waals surface area contributed by atoms with E-state index in [0.717, 1.165) is 32.1 Å². The molecule has 0 radical (unpaired) electrons. The molecule has 0 N–H and O–H groups in total. The average Bonchev–Trinajstić information content (AvgIpc) is 3.53. The molecule has 3 unspecified atom stereocenters. The van der Waals surface area contributed by atoms with Crippen molar-refractivity contribution in [2.75, 3.05) is 19.8 Å². The summed E-state index contributed by atoms with van der Waals surface area (Å²) in [5.74, 6) is -0.717. The number of hydrogen-bond acceptors (Lipinski definition) is 8. The van der Waals surface area contributed by atoms with E-state index in [1.165, 1.54) is 19.4 Å². The van der Waals surface area contributed by atoms with Crippen LogP contribution in [0.5, 0.6) is 0 Å². The fraction of sp³-hybridized carbons (Fsp3) is 0.833. The maximum atomic E-state index is 12.3. The number of carbonyl (C=O) groups excluding carboxylic acids is 2. The van der Waals surface area contributed by atoms with Crippen LogP contribution >= 0.6 is 0 Å². The first kappa shape index (κ1) is 22.3. The molecular weight excluding hydrogens is 416 g/mol. The number of hydrogen-bond donors (Lipinski definition) is 0. The minimum Gasteiger partial charge on any atom is -0.465 e. The molecule has 0 aromatic rings. The fourth-order valence-corrected chi connectivity index (χ4v) is 6.70. The summed E-state index contributed by atoms with van der Waals surface area (Å²) in [5, 5.41) is 0. The molecule has 8 atom stereocenters. The summed E-state index contributed by atoms with van der Waals surface area (Å²) in [7, 11) is 0. The van der Waals surface area contributed by atoms with Crippen molar-refractivity contribution >= 4 is 11.9 Å². The summed E-state index contributed by atoms with van der Waals surface area (Å²) in [6.07, 6.45) is 4.37. The molecule has 0 amide bonds. The third-order valence-corrected chi connectivity index (χ3v) is 8.51. The molecule has 0 aromatic carbocycles. The van der Waals surface area contributed by atoms with Crippen LogP contribution in [-0.4, -0.2) is 68.1 Å². The normalized spacial score (nSPS) is 46.9. The van der Waals surface area contributed by atoms with Crippen LogP contribution in [0.15, 0.2) is 11.6 Å². The van der Waals surface area contributed by atoms with Crippen molar-refractivity contribution in [2.24, 2.45) is 10.8 Å². The zero-order valence-electron chi connectivity index (χ0n) is 19.4. The minimum atomic E-state index is -0.661. The van der Waals surface area contributed by atoms with Gasteiger partial charge in [-0.15, -0.1) is 0 Å². The summed E-state index contributed by atoms with van der Waals surface area (Å²) >= 11 is 0. The Morgan fingerprint density at radius 2 is 2.00 bits per heavy atom. The third-order valence-electron chi connectivity index (χ3n) is 8.51. The summed E-state index contributed by atoms with van der Waals surface area (Å²) in [6, 6.07) is 0. The van der Waals surface area contributed by atoms with Crippen LogP contribution in [0.1, 0.15) is 59.8 Å². The molecule has 1 saturated carbocycles. The smallest absolute Gasteiger partial charge is 0.303 e. The highest BCUT2D eigenvalue weighted by atomic mass is 16.7. The highest BCUT2D eigenvalue weighted by Gasteiger charge is 2.86. The monoisotopic (exact) mass is 450 g/mol. The van der Waals surface area contributed by atoms with Crippen LogP contribution in [0.3, 0.4) is 0 Å². The molecule has 0 aromatic heterocycles. The SMILES string of the molecule is CC(=O)OC[C@]12CCC(C)=C[C@H]1OC1[C@H](OC3CCCCO3)[C@@H](OC(C)=O)[C@@]2(C)C12CO2. The quantitative estimate of drug-likeness (QED) is 0.359. The molecule has 5 rings (SSSR count). The number of ether oxygens (including phenoxy) is 6. The highest BCUT2D eigenvalue weighted by Crippen LogP contribution is 2.72.